The van der Waals surface area contributed by atoms with E-state index in [4.69, 9.17) is 4.74 Å². The van der Waals surface area contributed by atoms with Crippen LogP contribution < -0.4 is 4.74 Å². The highest BCUT2D eigenvalue weighted by molar-refractivity contribution is 5.37. The maximum absolute atomic E-state index is 5.24. The average molecular weight is 228 g/mol. The van der Waals surface area contributed by atoms with Crippen LogP contribution in [0.2, 0.25) is 0 Å². The Hall–Kier alpha value is -0.980. The lowest BCUT2D eigenvalue weighted by Crippen LogP contribution is -2.09. The van der Waals surface area contributed by atoms with Crippen LogP contribution >= 0.6 is 0 Å². The van der Waals surface area contributed by atoms with Crippen molar-refractivity contribution in [1.29, 1.82) is 0 Å². The van der Waals surface area contributed by atoms with Crippen molar-refractivity contribution in [3.05, 3.63) is 29.8 Å². The normalized spacial score (nSPS) is 30.1. The van der Waals surface area contributed by atoms with Gasteiger partial charge in [-0.15, -0.1) is 0 Å². The first kappa shape index (κ1) is 9.99. The van der Waals surface area contributed by atoms with Crippen LogP contribution in [0, 0.1) is 17.3 Å². The van der Waals surface area contributed by atoms with E-state index in [0.29, 0.717) is 0 Å². The van der Waals surface area contributed by atoms with Gasteiger partial charge in [-0.2, -0.15) is 0 Å². The van der Waals surface area contributed by atoms with Gasteiger partial charge in [0.15, 0.2) is 0 Å². The number of methoxy groups -OCH3 is 1. The SMILES string of the molecule is COc1ccc(C2CC2(C2CC2)C2CC2)cc1. The van der Waals surface area contributed by atoms with E-state index in [-0.39, 0.29) is 0 Å². The molecule has 1 heteroatoms. The fourth-order valence-corrected chi connectivity index (χ4v) is 4.04. The van der Waals surface area contributed by atoms with Gasteiger partial charge in [0.25, 0.3) is 0 Å². The van der Waals surface area contributed by atoms with Crippen LogP contribution in [0.1, 0.15) is 43.6 Å². The van der Waals surface area contributed by atoms with E-state index in [1.807, 2.05) is 0 Å². The van der Waals surface area contributed by atoms with E-state index in [0.717, 1.165) is 28.9 Å². The van der Waals surface area contributed by atoms with E-state index in [9.17, 15) is 0 Å². The molecule has 1 unspecified atom stereocenters. The molecule has 4 rings (SSSR count). The summed E-state index contributed by atoms with van der Waals surface area (Å²) in [7, 11) is 1.74. The van der Waals surface area contributed by atoms with Crippen LogP contribution in [-0.4, -0.2) is 7.11 Å². The molecule has 3 aliphatic rings. The van der Waals surface area contributed by atoms with E-state index in [2.05, 4.69) is 24.3 Å². The number of rotatable bonds is 4. The quantitative estimate of drug-likeness (QED) is 0.757. The number of benzene rings is 1. The molecule has 1 aromatic rings. The van der Waals surface area contributed by atoms with E-state index in [1.54, 1.807) is 12.7 Å². The van der Waals surface area contributed by atoms with Gasteiger partial charge in [-0.05, 0) is 73.0 Å². The van der Waals surface area contributed by atoms with E-state index < -0.39 is 0 Å². The Morgan fingerprint density at radius 3 is 2.06 bits per heavy atom. The predicted molar refractivity (Wildman–Crippen MR) is 68.2 cm³/mol. The smallest absolute Gasteiger partial charge is 0.118 e. The van der Waals surface area contributed by atoms with Crippen molar-refractivity contribution in [2.45, 2.75) is 38.0 Å². The van der Waals surface area contributed by atoms with Gasteiger partial charge in [0.05, 0.1) is 7.11 Å². The molecule has 0 aromatic heterocycles. The Labute approximate surface area is 103 Å². The first-order valence-electron chi connectivity index (χ1n) is 6.98. The maximum Gasteiger partial charge on any atom is 0.118 e. The second-order valence-corrected chi connectivity index (χ2v) is 6.19. The van der Waals surface area contributed by atoms with Gasteiger partial charge in [0, 0.05) is 0 Å². The zero-order valence-electron chi connectivity index (χ0n) is 10.5. The summed E-state index contributed by atoms with van der Waals surface area (Å²) in [5, 5.41) is 0. The van der Waals surface area contributed by atoms with Gasteiger partial charge in [-0.25, -0.2) is 0 Å². The number of hydrogen-bond acceptors (Lipinski definition) is 1. The molecular weight excluding hydrogens is 208 g/mol. The summed E-state index contributed by atoms with van der Waals surface area (Å²) in [5.41, 5.74) is 2.30. The zero-order valence-corrected chi connectivity index (χ0v) is 10.5. The maximum atomic E-state index is 5.24. The Morgan fingerprint density at radius 2 is 1.59 bits per heavy atom. The van der Waals surface area contributed by atoms with Crippen LogP contribution in [0.4, 0.5) is 0 Å². The zero-order chi connectivity index (χ0) is 11.5. The molecule has 3 saturated carbocycles. The van der Waals surface area contributed by atoms with Crippen LogP contribution in [0.15, 0.2) is 24.3 Å². The summed E-state index contributed by atoms with van der Waals surface area (Å²) in [4.78, 5) is 0. The van der Waals surface area contributed by atoms with Gasteiger partial charge in [0.2, 0.25) is 0 Å². The number of hydrogen-bond donors (Lipinski definition) is 0. The third-order valence-electron chi connectivity index (χ3n) is 5.24. The standard InChI is InChI=1S/C16H20O/c1-17-14-8-2-11(3-9-14)15-10-16(15,12-4-5-12)13-6-7-13/h2-3,8-9,12-13,15H,4-7,10H2,1H3. The minimum atomic E-state index is 0.745. The molecule has 0 bridgehead atoms. The van der Waals surface area contributed by atoms with Crippen LogP contribution in [0.5, 0.6) is 5.75 Å². The molecule has 0 saturated heterocycles. The van der Waals surface area contributed by atoms with Gasteiger partial charge in [-0.1, -0.05) is 12.1 Å². The van der Waals surface area contributed by atoms with E-state index in [1.165, 1.54) is 32.1 Å². The third-order valence-corrected chi connectivity index (χ3v) is 5.24. The third kappa shape index (κ3) is 1.44. The van der Waals surface area contributed by atoms with Crippen molar-refractivity contribution >= 4 is 0 Å². The van der Waals surface area contributed by atoms with Crippen molar-refractivity contribution in [3.8, 4) is 5.75 Å². The molecule has 1 aromatic carbocycles. The second kappa shape index (κ2) is 3.28. The van der Waals surface area contributed by atoms with Crippen LogP contribution in [-0.2, 0) is 0 Å². The molecular formula is C16H20O. The molecule has 0 spiro atoms. The molecule has 90 valence electrons. The minimum absolute atomic E-state index is 0.745. The van der Waals surface area contributed by atoms with Gasteiger partial charge >= 0.3 is 0 Å². The topological polar surface area (TPSA) is 9.23 Å². The van der Waals surface area contributed by atoms with E-state index >= 15 is 0 Å². The van der Waals surface area contributed by atoms with Crippen molar-refractivity contribution in [3.63, 3.8) is 0 Å². The summed E-state index contributed by atoms with van der Waals surface area (Å²) in [6.07, 6.45) is 7.48. The highest BCUT2D eigenvalue weighted by Crippen LogP contribution is 2.77. The fourth-order valence-electron chi connectivity index (χ4n) is 4.04. The molecule has 1 nitrogen and oxygen atoms in total. The summed E-state index contributed by atoms with van der Waals surface area (Å²) in [5.74, 6) is 4.00. The van der Waals surface area contributed by atoms with Gasteiger partial charge < -0.3 is 4.74 Å². The lowest BCUT2D eigenvalue weighted by Gasteiger charge is -2.16. The van der Waals surface area contributed by atoms with Gasteiger partial charge in [0.1, 0.15) is 5.75 Å². The second-order valence-electron chi connectivity index (χ2n) is 6.19. The average Bonchev–Trinajstić information content (AvgIpc) is 3.23. The molecule has 0 aliphatic heterocycles. The van der Waals surface area contributed by atoms with Crippen molar-refractivity contribution in [2.75, 3.05) is 7.11 Å². The first-order chi connectivity index (χ1) is 8.34. The Kier molecular flexibility index (Phi) is 1.93. The highest BCUT2D eigenvalue weighted by atomic mass is 16.5. The summed E-state index contributed by atoms with van der Waals surface area (Å²) >= 11 is 0. The van der Waals surface area contributed by atoms with Crippen molar-refractivity contribution in [2.24, 2.45) is 17.3 Å². The molecule has 0 N–H and O–H groups in total. The number of ether oxygens (including phenoxy) is 1. The minimum Gasteiger partial charge on any atom is -0.497 e. The predicted octanol–water partition coefficient (Wildman–Crippen LogP) is 3.99. The Bertz CT molecular complexity index is 413. The highest BCUT2D eigenvalue weighted by Gasteiger charge is 2.67. The summed E-state index contributed by atoms with van der Waals surface area (Å²) in [6, 6.07) is 8.82. The largest absolute Gasteiger partial charge is 0.497 e. The lowest BCUT2D eigenvalue weighted by molar-refractivity contribution is 0.364. The Balaban J connectivity index is 1.59. The molecule has 3 aliphatic carbocycles. The molecule has 0 heterocycles. The van der Waals surface area contributed by atoms with Gasteiger partial charge in [-0.3, -0.25) is 0 Å². The summed E-state index contributed by atoms with van der Waals surface area (Å²) in [6.45, 7) is 0. The molecule has 3 fully saturated rings. The van der Waals surface area contributed by atoms with Crippen LogP contribution in [0.25, 0.3) is 0 Å². The Morgan fingerprint density at radius 1 is 1.00 bits per heavy atom. The van der Waals surface area contributed by atoms with Crippen molar-refractivity contribution in [1.82, 2.24) is 0 Å². The lowest BCUT2D eigenvalue weighted by atomic mass is 9.89. The van der Waals surface area contributed by atoms with Crippen LogP contribution in [0.3, 0.4) is 0 Å². The molecule has 0 radical (unpaired) electrons. The summed E-state index contributed by atoms with van der Waals surface area (Å²) < 4.78 is 5.24. The molecule has 0 amide bonds. The van der Waals surface area contributed by atoms with Crippen molar-refractivity contribution < 1.29 is 4.74 Å². The first-order valence-corrected chi connectivity index (χ1v) is 6.98. The monoisotopic (exact) mass is 228 g/mol. The molecule has 1 atom stereocenters. The molecule has 17 heavy (non-hydrogen) atoms. The fraction of sp³-hybridized carbons (Fsp3) is 0.625.